The summed E-state index contributed by atoms with van der Waals surface area (Å²) < 4.78 is 12.3. The van der Waals surface area contributed by atoms with Gasteiger partial charge in [-0.1, -0.05) is 25.5 Å². The normalized spacial score (nSPS) is 32.2. The van der Waals surface area contributed by atoms with Gasteiger partial charge in [-0.05, 0) is 59.3 Å². The molecule has 1 N–H and O–H groups in total. The zero-order valence-corrected chi connectivity index (χ0v) is 22.4. The van der Waals surface area contributed by atoms with Crippen LogP contribution in [0.5, 0.6) is 0 Å². The second-order valence-electron chi connectivity index (χ2n) is 10.9. The fourth-order valence-corrected chi connectivity index (χ4v) is 6.57. The summed E-state index contributed by atoms with van der Waals surface area (Å²) in [5, 5.41) is 10.0. The number of fused-ring (bicyclic) bond motifs is 1. The minimum Gasteiger partial charge on any atom is -0.465 e. The molecular weight excluding hydrogens is 460 g/mol. The van der Waals surface area contributed by atoms with E-state index in [-0.39, 0.29) is 31.1 Å². The van der Waals surface area contributed by atoms with Gasteiger partial charge >= 0.3 is 5.97 Å². The summed E-state index contributed by atoms with van der Waals surface area (Å²) in [5.74, 6) is -2.57. The highest BCUT2D eigenvalue weighted by Crippen LogP contribution is 2.63. The number of unbranched alkanes of at least 4 members (excludes halogenated alkanes) is 2. The van der Waals surface area contributed by atoms with Crippen molar-refractivity contribution >= 4 is 17.8 Å². The van der Waals surface area contributed by atoms with Crippen LogP contribution in [0.15, 0.2) is 25.3 Å². The van der Waals surface area contributed by atoms with Crippen molar-refractivity contribution in [1.29, 1.82) is 0 Å². The van der Waals surface area contributed by atoms with E-state index in [2.05, 4.69) is 20.1 Å². The highest BCUT2D eigenvalue weighted by Gasteiger charge is 2.79. The first-order valence-corrected chi connectivity index (χ1v) is 13.5. The molecule has 36 heavy (non-hydrogen) atoms. The molecule has 0 aromatic carbocycles. The van der Waals surface area contributed by atoms with Crippen molar-refractivity contribution < 1.29 is 29.0 Å². The van der Waals surface area contributed by atoms with Gasteiger partial charge in [0.25, 0.3) is 0 Å². The lowest BCUT2D eigenvalue weighted by molar-refractivity contribution is -0.162. The smallest absolute Gasteiger partial charge is 0.312 e. The lowest BCUT2D eigenvalue weighted by Crippen LogP contribution is -2.59. The molecule has 0 saturated carbocycles. The second-order valence-corrected chi connectivity index (χ2v) is 10.9. The van der Waals surface area contributed by atoms with E-state index in [1.807, 2.05) is 19.9 Å². The van der Waals surface area contributed by atoms with E-state index in [1.54, 1.807) is 17.9 Å². The molecule has 8 heteroatoms. The number of nitrogens with zero attached hydrogens (tertiary/aromatic N) is 2. The van der Waals surface area contributed by atoms with Crippen LogP contribution in [0.4, 0.5) is 0 Å². The molecule has 8 nitrogen and oxygen atoms in total. The van der Waals surface area contributed by atoms with Gasteiger partial charge in [0.05, 0.1) is 30.8 Å². The quantitative estimate of drug-likeness (QED) is 0.222. The molecule has 3 aliphatic heterocycles. The van der Waals surface area contributed by atoms with E-state index in [1.165, 1.54) is 4.90 Å². The summed E-state index contributed by atoms with van der Waals surface area (Å²) in [5.41, 5.74) is -1.99. The SMILES string of the molecule is C=CCCCCOC(=O)[C@H]1[C@H]2C(=O)N([C@H](C)CO)C(C(=O)N(CC=C)C(C)CCC)C23CC[C@]1(C)O3. The summed E-state index contributed by atoms with van der Waals surface area (Å²) >= 11 is 0. The van der Waals surface area contributed by atoms with Crippen LogP contribution in [0.1, 0.15) is 72.6 Å². The number of carbonyl (C=O) groups excluding carboxylic acids is 3. The first-order chi connectivity index (χ1) is 17.1. The molecule has 3 aliphatic rings. The maximum absolute atomic E-state index is 14.2. The van der Waals surface area contributed by atoms with Gasteiger partial charge in [-0.2, -0.15) is 0 Å². The average molecular weight is 505 g/mol. The molecule has 202 valence electrons. The number of likely N-dealkylation sites (tertiary alicyclic amines) is 1. The first-order valence-electron chi connectivity index (χ1n) is 13.5. The van der Waals surface area contributed by atoms with Gasteiger partial charge in [-0.25, -0.2) is 0 Å². The molecule has 1 spiro atoms. The molecular formula is C28H44N2O6. The number of hydrogen-bond acceptors (Lipinski definition) is 6. The zero-order chi connectivity index (χ0) is 26.7. The second kappa shape index (κ2) is 11.5. The molecule has 0 aromatic heterocycles. The van der Waals surface area contributed by atoms with Gasteiger partial charge in [0.2, 0.25) is 11.8 Å². The van der Waals surface area contributed by atoms with E-state index >= 15 is 0 Å². The van der Waals surface area contributed by atoms with Crippen molar-refractivity contribution in [1.82, 2.24) is 9.80 Å². The Labute approximate surface area is 215 Å². The molecule has 2 bridgehead atoms. The third-order valence-electron chi connectivity index (χ3n) is 8.34. The van der Waals surface area contributed by atoms with Crippen LogP contribution in [-0.2, 0) is 23.9 Å². The van der Waals surface area contributed by atoms with E-state index in [9.17, 15) is 19.5 Å². The number of aliphatic hydroxyl groups excluding tert-OH is 1. The van der Waals surface area contributed by atoms with Crippen LogP contribution in [0.25, 0.3) is 0 Å². The Morgan fingerprint density at radius 1 is 1.28 bits per heavy atom. The van der Waals surface area contributed by atoms with Crippen molar-refractivity contribution in [2.45, 2.75) is 102 Å². The molecule has 0 aliphatic carbocycles. The summed E-state index contributed by atoms with van der Waals surface area (Å²) in [6.45, 7) is 15.5. The van der Waals surface area contributed by atoms with Crippen LogP contribution >= 0.6 is 0 Å². The van der Waals surface area contributed by atoms with E-state index in [4.69, 9.17) is 9.47 Å². The molecule has 3 unspecified atom stereocenters. The number of carbonyl (C=O) groups is 3. The minimum absolute atomic E-state index is 0.0529. The van der Waals surface area contributed by atoms with Gasteiger partial charge in [-0.3, -0.25) is 14.4 Å². The summed E-state index contributed by atoms with van der Waals surface area (Å²) in [4.78, 5) is 44.8. The number of rotatable bonds is 14. The van der Waals surface area contributed by atoms with Crippen molar-refractivity contribution in [3.05, 3.63) is 25.3 Å². The fraction of sp³-hybridized carbons (Fsp3) is 0.750. The van der Waals surface area contributed by atoms with E-state index in [0.717, 1.165) is 25.7 Å². The third kappa shape index (κ3) is 4.74. The largest absolute Gasteiger partial charge is 0.465 e. The van der Waals surface area contributed by atoms with Gasteiger partial charge in [0, 0.05) is 12.6 Å². The fourth-order valence-electron chi connectivity index (χ4n) is 6.57. The summed E-state index contributed by atoms with van der Waals surface area (Å²) in [7, 11) is 0. The van der Waals surface area contributed by atoms with Crippen molar-refractivity contribution in [2.75, 3.05) is 19.8 Å². The number of esters is 1. The van der Waals surface area contributed by atoms with Gasteiger partial charge in [0.1, 0.15) is 17.6 Å². The highest BCUT2D eigenvalue weighted by atomic mass is 16.6. The van der Waals surface area contributed by atoms with Crippen molar-refractivity contribution in [2.24, 2.45) is 11.8 Å². The lowest BCUT2D eigenvalue weighted by atomic mass is 9.66. The number of ether oxygens (including phenoxy) is 2. The summed E-state index contributed by atoms with van der Waals surface area (Å²) in [6, 6.07) is -1.56. The van der Waals surface area contributed by atoms with Crippen LogP contribution in [-0.4, -0.2) is 81.8 Å². The van der Waals surface area contributed by atoms with Crippen LogP contribution in [0.2, 0.25) is 0 Å². The van der Waals surface area contributed by atoms with Crippen LogP contribution < -0.4 is 0 Å². The summed E-state index contributed by atoms with van der Waals surface area (Å²) in [6.07, 6.45) is 8.73. The third-order valence-corrected chi connectivity index (χ3v) is 8.34. The standard InChI is InChI=1S/C28H44N2O6/c1-7-10-11-12-17-35-26(34)22-21-24(32)30(20(5)18-31)23(28(21)15-14-27(22,6)36-28)25(33)29(16-9-3)19(4)13-8-2/h7,9,19-23,31H,1,3,8,10-18H2,2,4-6H3/t19?,20-,21+,22-,23?,27+,28?/m1/s1. The Kier molecular flexibility index (Phi) is 9.04. The Balaban J connectivity index is 1.97. The highest BCUT2D eigenvalue weighted by molar-refractivity contribution is 5.98. The number of aliphatic hydroxyl groups is 1. The predicted molar refractivity (Wildman–Crippen MR) is 137 cm³/mol. The van der Waals surface area contributed by atoms with E-state index < -0.39 is 41.1 Å². The van der Waals surface area contributed by atoms with Crippen molar-refractivity contribution in [3.8, 4) is 0 Å². The molecule has 2 amide bonds. The van der Waals surface area contributed by atoms with Crippen molar-refractivity contribution in [3.63, 3.8) is 0 Å². The number of amides is 2. The molecule has 0 aromatic rings. The first kappa shape index (κ1) is 28.4. The minimum atomic E-state index is -1.12. The predicted octanol–water partition coefficient (Wildman–Crippen LogP) is 3.23. The maximum atomic E-state index is 14.2. The van der Waals surface area contributed by atoms with Crippen LogP contribution in [0.3, 0.4) is 0 Å². The maximum Gasteiger partial charge on any atom is 0.312 e. The number of hydrogen-bond donors (Lipinski definition) is 1. The molecule has 3 heterocycles. The molecule has 3 rings (SSSR count). The topological polar surface area (TPSA) is 96.4 Å². The molecule has 7 atom stereocenters. The van der Waals surface area contributed by atoms with Gasteiger partial charge in [0.15, 0.2) is 0 Å². The Hall–Kier alpha value is -2.19. The number of allylic oxidation sites excluding steroid dienone is 1. The van der Waals surface area contributed by atoms with Crippen LogP contribution in [0, 0.1) is 11.8 Å². The lowest BCUT2D eigenvalue weighted by Gasteiger charge is -2.40. The molecule has 0 radical (unpaired) electrons. The monoisotopic (exact) mass is 504 g/mol. The Morgan fingerprint density at radius 2 is 2.00 bits per heavy atom. The Morgan fingerprint density at radius 3 is 2.61 bits per heavy atom. The van der Waals surface area contributed by atoms with E-state index in [0.29, 0.717) is 25.8 Å². The van der Waals surface area contributed by atoms with Gasteiger partial charge in [-0.15, -0.1) is 13.2 Å². The average Bonchev–Trinajstić information content (AvgIpc) is 3.42. The zero-order valence-electron chi connectivity index (χ0n) is 22.4. The molecule has 3 saturated heterocycles. The molecule has 3 fully saturated rings. The van der Waals surface area contributed by atoms with Gasteiger partial charge < -0.3 is 24.4 Å². The Bertz CT molecular complexity index is 861.